The summed E-state index contributed by atoms with van der Waals surface area (Å²) in [5, 5.41) is -0.0710. The molecule has 2 aromatic carbocycles. The summed E-state index contributed by atoms with van der Waals surface area (Å²) in [6, 6.07) is 14.8. The maximum atomic E-state index is 6.66. The van der Waals surface area contributed by atoms with E-state index >= 15 is 0 Å². The van der Waals surface area contributed by atoms with Gasteiger partial charge < -0.3 is 0 Å². The van der Waals surface area contributed by atoms with Crippen molar-refractivity contribution in [2.75, 3.05) is 6.26 Å². The van der Waals surface area contributed by atoms with Gasteiger partial charge in [0.15, 0.2) is 0 Å². The predicted octanol–water partition coefficient (Wildman–Crippen LogP) is 5.22. The molecule has 1 aliphatic rings. The van der Waals surface area contributed by atoms with Crippen molar-refractivity contribution < 1.29 is 0 Å². The zero-order valence-electron chi connectivity index (χ0n) is 10.1. The largest absolute Gasteiger partial charge is 0.130 e. The molecule has 0 saturated carbocycles. The van der Waals surface area contributed by atoms with Crippen molar-refractivity contribution in [3.05, 3.63) is 64.7 Å². The number of alkyl halides is 1. The molecule has 2 aromatic rings. The second kappa shape index (κ2) is 4.83. The minimum atomic E-state index is -0.0710. The van der Waals surface area contributed by atoms with Crippen LogP contribution in [0.3, 0.4) is 0 Å². The molecule has 0 radical (unpaired) electrons. The Hall–Kier alpha value is -1.18. The van der Waals surface area contributed by atoms with E-state index in [-0.39, 0.29) is 5.38 Å². The van der Waals surface area contributed by atoms with Crippen molar-refractivity contribution in [1.29, 1.82) is 0 Å². The number of hydrogen-bond donors (Lipinski definition) is 0. The molecule has 0 amide bonds. The molecule has 0 fully saturated rings. The molecule has 18 heavy (non-hydrogen) atoms. The Bertz CT molecular complexity index is 616. The summed E-state index contributed by atoms with van der Waals surface area (Å²) >= 11 is 8.41. The molecule has 0 unspecified atom stereocenters. The zero-order valence-corrected chi connectivity index (χ0v) is 11.6. The number of thioether (sulfide) groups is 1. The van der Waals surface area contributed by atoms with Crippen LogP contribution in [-0.4, -0.2) is 6.26 Å². The fraction of sp³-hybridized carbons (Fsp3) is 0.125. The molecule has 0 spiro atoms. The molecule has 0 nitrogen and oxygen atoms in total. The van der Waals surface area contributed by atoms with E-state index in [4.69, 9.17) is 11.6 Å². The van der Waals surface area contributed by atoms with Crippen molar-refractivity contribution in [3.63, 3.8) is 0 Å². The standard InChI is InChI=1S/C16H13ClS/c1-18-13-9-8-12-7-6-11-4-2-3-5-14(11)16(17)15(12)10-13/h2-10,16H,1H3/t16-/m1/s1. The van der Waals surface area contributed by atoms with Gasteiger partial charge in [-0.15, -0.1) is 23.4 Å². The highest BCUT2D eigenvalue weighted by atomic mass is 35.5. The van der Waals surface area contributed by atoms with Crippen LogP contribution in [0.4, 0.5) is 0 Å². The Morgan fingerprint density at radius 2 is 1.67 bits per heavy atom. The fourth-order valence-corrected chi connectivity index (χ4v) is 3.13. The van der Waals surface area contributed by atoms with Gasteiger partial charge in [-0.3, -0.25) is 0 Å². The zero-order chi connectivity index (χ0) is 12.5. The fourth-order valence-electron chi connectivity index (χ4n) is 2.29. The van der Waals surface area contributed by atoms with Crippen molar-refractivity contribution in [1.82, 2.24) is 0 Å². The maximum Gasteiger partial charge on any atom is 0.0847 e. The predicted molar refractivity (Wildman–Crippen MR) is 81.3 cm³/mol. The summed E-state index contributed by atoms with van der Waals surface area (Å²) in [4.78, 5) is 1.26. The highest BCUT2D eigenvalue weighted by molar-refractivity contribution is 7.98. The number of benzene rings is 2. The van der Waals surface area contributed by atoms with Gasteiger partial charge in [-0.25, -0.2) is 0 Å². The first kappa shape index (κ1) is 11.9. The van der Waals surface area contributed by atoms with Gasteiger partial charge in [0.2, 0.25) is 0 Å². The lowest BCUT2D eigenvalue weighted by atomic mass is 9.99. The molecule has 0 bridgehead atoms. The Morgan fingerprint density at radius 1 is 0.944 bits per heavy atom. The molecule has 0 saturated heterocycles. The quantitative estimate of drug-likeness (QED) is 0.507. The second-order valence-electron chi connectivity index (χ2n) is 4.32. The van der Waals surface area contributed by atoms with Crippen molar-refractivity contribution in [3.8, 4) is 0 Å². The molecule has 0 heterocycles. The Morgan fingerprint density at radius 3 is 2.44 bits per heavy atom. The smallest absolute Gasteiger partial charge is 0.0847 e. The van der Waals surface area contributed by atoms with Gasteiger partial charge >= 0.3 is 0 Å². The van der Waals surface area contributed by atoms with Crippen LogP contribution in [0.1, 0.15) is 27.6 Å². The van der Waals surface area contributed by atoms with Crippen LogP contribution < -0.4 is 0 Å². The summed E-state index contributed by atoms with van der Waals surface area (Å²) in [6.45, 7) is 0. The van der Waals surface area contributed by atoms with Gasteiger partial charge in [0.1, 0.15) is 0 Å². The Balaban J connectivity index is 2.20. The van der Waals surface area contributed by atoms with Crippen molar-refractivity contribution in [2.24, 2.45) is 0 Å². The van der Waals surface area contributed by atoms with Gasteiger partial charge in [-0.1, -0.05) is 42.5 Å². The van der Waals surface area contributed by atoms with Gasteiger partial charge in [-0.05, 0) is 40.6 Å². The van der Waals surface area contributed by atoms with Crippen molar-refractivity contribution >= 4 is 35.5 Å². The van der Waals surface area contributed by atoms with Crippen molar-refractivity contribution in [2.45, 2.75) is 10.3 Å². The minimum Gasteiger partial charge on any atom is -0.130 e. The van der Waals surface area contributed by atoms with Gasteiger partial charge in [-0.2, -0.15) is 0 Å². The summed E-state index contributed by atoms with van der Waals surface area (Å²) in [6.07, 6.45) is 6.39. The first-order chi connectivity index (χ1) is 8.79. The summed E-state index contributed by atoms with van der Waals surface area (Å²) < 4.78 is 0. The second-order valence-corrected chi connectivity index (χ2v) is 5.64. The number of halogens is 1. The van der Waals surface area contributed by atoms with Crippen LogP contribution in [0.15, 0.2) is 47.4 Å². The molecule has 90 valence electrons. The van der Waals surface area contributed by atoms with Gasteiger partial charge in [0.05, 0.1) is 5.38 Å². The number of rotatable bonds is 1. The lowest BCUT2D eigenvalue weighted by Gasteiger charge is -2.14. The number of hydrogen-bond acceptors (Lipinski definition) is 1. The van der Waals surface area contributed by atoms with Gasteiger partial charge in [0, 0.05) is 4.90 Å². The molecule has 0 aliphatic heterocycles. The molecule has 3 rings (SSSR count). The molecular formula is C16H13ClS. The topological polar surface area (TPSA) is 0 Å². The third-order valence-electron chi connectivity index (χ3n) is 3.28. The SMILES string of the molecule is CSc1ccc2c(c1)[C@H](Cl)c1ccccc1C=C2. The number of fused-ring (bicyclic) bond motifs is 2. The molecule has 2 heteroatoms. The molecule has 0 aromatic heterocycles. The van der Waals surface area contributed by atoms with E-state index in [0.717, 1.165) is 0 Å². The monoisotopic (exact) mass is 272 g/mol. The normalized spacial score (nSPS) is 16.9. The lowest BCUT2D eigenvalue weighted by molar-refractivity contribution is 1.12. The van der Waals surface area contributed by atoms with Crippen LogP contribution in [-0.2, 0) is 0 Å². The van der Waals surface area contributed by atoms with Crippen LogP contribution in [0.2, 0.25) is 0 Å². The van der Waals surface area contributed by atoms with Crippen LogP contribution in [0.25, 0.3) is 12.2 Å². The summed E-state index contributed by atoms with van der Waals surface area (Å²) in [5.41, 5.74) is 4.81. The average Bonchev–Trinajstić information content (AvgIpc) is 2.57. The van der Waals surface area contributed by atoms with E-state index in [1.165, 1.54) is 27.1 Å². The van der Waals surface area contributed by atoms with Crippen LogP contribution in [0.5, 0.6) is 0 Å². The minimum absolute atomic E-state index is 0.0710. The molecule has 1 atom stereocenters. The average molecular weight is 273 g/mol. The third-order valence-corrected chi connectivity index (χ3v) is 4.47. The van der Waals surface area contributed by atoms with Gasteiger partial charge in [0.25, 0.3) is 0 Å². The van der Waals surface area contributed by atoms with E-state index < -0.39 is 0 Å². The van der Waals surface area contributed by atoms with E-state index in [9.17, 15) is 0 Å². The highest BCUT2D eigenvalue weighted by Gasteiger charge is 2.19. The first-order valence-electron chi connectivity index (χ1n) is 5.88. The van der Waals surface area contributed by atoms with E-state index in [0.29, 0.717) is 0 Å². The lowest BCUT2D eigenvalue weighted by Crippen LogP contribution is -1.96. The molecule has 1 aliphatic carbocycles. The van der Waals surface area contributed by atoms with Crippen LogP contribution >= 0.6 is 23.4 Å². The highest BCUT2D eigenvalue weighted by Crippen LogP contribution is 2.38. The van der Waals surface area contributed by atoms with Crippen LogP contribution in [0, 0.1) is 0 Å². The Kier molecular flexibility index (Phi) is 3.19. The Labute approximate surface area is 117 Å². The van der Waals surface area contributed by atoms with E-state index in [1.807, 2.05) is 6.07 Å². The van der Waals surface area contributed by atoms with E-state index in [1.54, 1.807) is 11.8 Å². The maximum absolute atomic E-state index is 6.66. The summed E-state index contributed by atoms with van der Waals surface area (Å²) in [5.74, 6) is 0. The summed E-state index contributed by atoms with van der Waals surface area (Å²) in [7, 11) is 0. The molecular weight excluding hydrogens is 260 g/mol. The molecule has 0 N–H and O–H groups in total. The first-order valence-corrected chi connectivity index (χ1v) is 7.55. The van der Waals surface area contributed by atoms with E-state index in [2.05, 4.69) is 54.8 Å². The third kappa shape index (κ3) is 1.98.